The Balaban J connectivity index is 1.18. The number of hydrogen-bond acceptors (Lipinski definition) is 5. The molecule has 9 heteroatoms. The summed E-state index contributed by atoms with van der Waals surface area (Å²) in [6.07, 6.45) is 4.46. The molecule has 196 valence electrons. The number of benzene rings is 3. The van der Waals surface area contributed by atoms with Crippen LogP contribution in [-0.4, -0.2) is 46.2 Å². The number of nitrogens with zero attached hydrogens (tertiary/aromatic N) is 3. The van der Waals surface area contributed by atoms with Crippen LogP contribution in [0.1, 0.15) is 34.3 Å². The number of ether oxygens (including phenoxy) is 1. The quantitative estimate of drug-likeness (QED) is 0.360. The van der Waals surface area contributed by atoms with Gasteiger partial charge in [0.1, 0.15) is 5.75 Å². The molecule has 2 N–H and O–H groups in total. The van der Waals surface area contributed by atoms with Crippen molar-refractivity contribution in [3.8, 4) is 16.9 Å². The molecule has 1 aromatic heterocycles. The molecule has 1 aliphatic carbocycles. The Morgan fingerprint density at radius 1 is 1.00 bits per heavy atom. The molecular formula is C30H27N5O4. The van der Waals surface area contributed by atoms with Crippen LogP contribution in [-0.2, 0) is 23.4 Å². The van der Waals surface area contributed by atoms with E-state index in [1.807, 2.05) is 42.6 Å². The van der Waals surface area contributed by atoms with Gasteiger partial charge in [-0.2, -0.15) is 5.10 Å². The highest BCUT2D eigenvalue weighted by molar-refractivity contribution is 6.08. The van der Waals surface area contributed by atoms with Gasteiger partial charge in [0, 0.05) is 24.0 Å². The van der Waals surface area contributed by atoms with Gasteiger partial charge in [-0.1, -0.05) is 36.4 Å². The van der Waals surface area contributed by atoms with Gasteiger partial charge in [-0.25, -0.2) is 4.79 Å². The molecule has 4 amide bonds. The Bertz CT molecular complexity index is 1660. The van der Waals surface area contributed by atoms with Gasteiger partial charge in [0.05, 0.1) is 25.4 Å². The first-order valence-electron chi connectivity index (χ1n) is 13.1. The fourth-order valence-corrected chi connectivity index (χ4v) is 5.68. The number of rotatable bonds is 7. The second-order valence-corrected chi connectivity index (χ2v) is 10.6. The van der Waals surface area contributed by atoms with Crippen LogP contribution in [0.5, 0.6) is 5.75 Å². The Hall–Kier alpha value is -4.66. The number of urea groups is 1. The number of carbonyl (C=O) groups is 3. The molecule has 3 heterocycles. The summed E-state index contributed by atoms with van der Waals surface area (Å²) in [4.78, 5) is 40.3. The van der Waals surface area contributed by atoms with E-state index in [0.29, 0.717) is 23.4 Å². The van der Waals surface area contributed by atoms with Crippen molar-refractivity contribution in [2.24, 2.45) is 5.92 Å². The lowest BCUT2D eigenvalue weighted by atomic mass is 9.88. The van der Waals surface area contributed by atoms with Gasteiger partial charge in [0.25, 0.3) is 11.8 Å². The third kappa shape index (κ3) is 3.93. The molecule has 39 heavy (non-hydrogen) atoms. The minimum Gasteiger partial charge on any atom is -0.497 e. The van der Waals surface area contributed by atoms with Crippen molar-refractivity contribution in [2.75, 3.05) is 13.7 Å². The number of imide groups is 1. The molecule has 0 radical (unpaired) electrons. The molecule has 0 bridgehead atoms. The Morgan fingerprint density at radius 2 is 1.79 bits per heavy atom. The van der Waals surface area contributed by atoms with E-state index in [-0.39, 0.29) is 12.5 Å². The molecule has 0 spiro atoms. The highest BCUT2D eigenvalue weighted by atomic mass is 16.5. The van der Waals surface area contributed by atoms with Gasteiger partial charge in [-0.15, -0.1) is 0 Å². The van der Waals surface area contributed by atoms with Gasteiger partial charge in [-0.3, -0.25) is 19.6 Å². The molecule has 7 rings (SSSR count). The maximum Gasteiger partial charge on any atom is 0.322 e. The van der Waals surface area contributed by atoms with Gasteiger partial charge in [-0.05, 0) is 65.3 Å². The maximum atomic E-state index is 13.2. The van der Waals surface area contributed by atoms with Crippen LogP contribution in [0.25, 0.3) is 22.0 Å². The summed E-state index contributed by atoms with van der Waals surface area (Å²) < 4.78 is 7.35. The fraction of sp³-hybridized carbons (Fsp3) is 0.267. The number of carbonyl (C=O) groups excluding carboxylic acids is 3. The van der Waals surface area contributed by atoms with E-state index in [2.05, 4.69) is 38.6 Å². The summed E-state index contributed by atoms with van der Waals surface area (Å²) in [5.74, 6) is 0.652. The van der Waals surface area contributed by atoms with Crippen LogP contribution in [0.2, 0.25) is 0 Å². The summed E-state index contributed by atoms with van der Waals surface area (Å²) in [5, 5.41) is 10.8. The highest BCUT2D eigenvalue weighted by Crippen LogP contribution is 2.35. The standard InChI is InChI=1S/C30H27N5O4/c1-39-24-10-6-21-16-34(27(36)25(21)13-24)17-30(28(37)32-29(38)33-30)23-8-4-19(5-9-23)20-7-11-26-22(12-20)14-31-35(26)15-18-2-3-18/h4-14,18H,2-3,15-17H2,1H3,(H2,32,33,37,38)/t30-/m0/s1. The number of fused-ring (bicyclic) bond motifs is 2. The molecule has 9 nitrogen and oxygen atoms in total. The van der Waals surface area contributed by atoms with Gasteiger partial charge in [0.2, 0.25) is 0 Å². The fourth-order valence-electron chi connectivity index (χ4n) is 5.68. The largest absolute Gasteiger partial charge is 0.497 e. The zero-order valence-corrected chi connectivity index (χ0v) is 21.4. The third-order valence-electron chi connectivity index (χ3n) is 8.05. The molecule has 3 aromatic carbocycles. The summed E-state index contributed by atoms with van der Waals surface area (Å²) in [5.41, 5.74) is 3.74. The Kier molecular flexibility index (Phi) is 5.23. The highest BCUT2D eigenvalue weighted by Gasteiger charge is 2.50. The van der Waals surface area contributed by atoms with Crippen molar-refractivity contribution in [2.45, 2.75) is 31.5 Å². The third-order valence-corrected chi connectivity index (χ3v) is 8.05. The predicted octanol–water partition coefficient (Wildman–Crippen LogP) is 3.81. The minimum absolute atomic E-state index is 0.00584. The number of methoxy groups -OCH3 is 1. The summed E-state index contributed by atoms with van der Waals surface area (Å²) >= 11 is 0. The first-order chi connectivity index (χ1) is 18.9. The van der Waals surface area contributed by atoms with Crippen LogP contribution in [0.15, 0.2) is 66.9 Å². The van der Waals surface area contributed by atoms with E-state index >= 15 is 0 Å². The summed E-state index contributed by atoms with van der Waals surface area (Å²) in [6.45, 7) is 1.31. The van der Waals surface area contributed by atoms with Crippen molar-refractivity contribution >= 4 is 28.7 Å². The topological polar surface area (TPSA) is 106 Å². The maximum absolute atomic E-state index is 13.2. The van der Waals surface area contributed by atoms with E-state index in [1.165, 1.54) is 12.8 Å². The molecule has 1 saturated heterocycles. The average molecular weight is 522 g/mol. The average Bonchev–Trinajstić information content (AvgIpc) is 3.51. The number of nitrogens with one attached hydrogen (secondary N) is 2. The molecule has 4 aromatic rings. The molecule has 0 unspecified atom stereocenters. The Morgan fingerprint density at radius 3 is 2.51 bits per heavy atom. The normalized spacial score (nSPS) is 20.3. The lowest BCUT2D eigenvalue weighted by molar-refractivity contribution is -0.124. The van der Waals surface area contributed by atoms with Gasteiger partial charge in [0.15, 0.2) is 5.54 Å². The minimum atomic E-state index is -1.40. The second kappa shape index (κ2) is 8.69. The Labute approximate surface area is 224 Å². The van der Waals surface area contributed by atoms with Crippen molar-refractivity contribution in [3.63, 3.8) is 0 Å². The second-order valence-electron chi connectivity index (χ2n) is 10.6. The SMILES string of the molecule is COc1ccc2c(c1)C(=O)N(C[C@@]1(c3ccc(-c4ccc5c(cnn5CC5CC5)c4)cc3)NC(=O)NC1=O)C2. The summed E-state index contributed by atoms with van der Waals surface area (Å²) in [6, 6.07) is 18.7. The zero-order valence-electron chi connectivity index (χ0n) is 21.4. The molecular weight excluding hydrogens is 494 g/mol. The van der Waals surface area contributed by atoms with Crippen LogP contribution in [0, 0.1) is 5.92 Å². The van der Waals surface area contributed by atoms with Crippen molar-refractivity contribution in [3.05, 3.63) is 83.6 Å². The van der Waals surface area contributed by atoms with E-state index in [9.17, 15) is 14.4 Å². The van der Waals surface area contributed by atoms with Crippen LogP contribution >= 0.6 is 0 Å². The molecule has 1 saturated carbocycles. The number of aromatic nitrogens is 2. The predicted molar refractivity (Wildman–Crippen MR) is 144 cm³/mol. The monoisotopic (exact) mass is 521 g/mol. The van der Waals surface area contributed by atoms with Crippen molar-refractivity contribution < 1.29 is 19.1 Å². The number of hydrogen-bond donors (Lipinski definition) is 2. The first-order valence-corrected chi connectivity index (χ1v) is 13.1. The summed E-state index contributed by atoms with van der Waals surface area (Å²) in [7, 11) is 1.55. The van der Waals surface area contributed by atoms with Gasteiger partial charge < -0.3 is 15.0 Å². The lowest BCUT2D eigenvalue weighted by Crippen LogP contribution is -2.52. The zero-order chi connectivity index (χ0) is 26.7. The molecule has 2 fully saturated rings. The van der Waals surface area contributed by atoms with Crippen molar-refractivity contribution in [1.29, 1.82) is 0 Å². The molecule has 2 aliphatic heterocycles. The number of amides is 4. The lowest BCUT2D eigenvalue weighted by Gasteiger charge is -2.31. The van der Waals surface area contributed by atoms with E-state index in [0.717, 1.165) is 40.1 Å². The van der Waals surface area contributed by atoms with Crippen LogP contribution in [0.4, 0.5) is 4.79 Å². The van der Waals surface area contributed by atoms with Crippen molar-refractivity contribution in [1.82, 2.24) is 25.3 Å². The van der Waals surface area contributed by atoms with E-state index < -0.39 is 17.5 Å². The van der Waals surface area contributed by atoms with E-state index in [1.54, 1.807) is 18.1 Å². The van der Waals surface area contributed by atoms with Crippen LogP contribution < -0.4 is 15.4 Å². The molecule has 3 aliphatic rings. The smallest absolute Gasteiger partial charge is 0.322 e. The van der Waals surface area contributed by atoms with Gasteiger partial charge >= 0.3 is 6.03 Å². The molecule has 1 atom stereocenters. The first kappa shape index (κ1) is 23.5. The van der Waals surface area contributed by atoms with Crippen LogP contribution in [0.3, 0.4) is 0 Å². The van der Waals surface area contributed by atoms with E-state index in [4.69, 9.17) is 4.74 Å².